The highest BCUT2D eigenvalue weighted by atomic mass is 32.1. The minimum absolute atomic E-state index is 0.0574. The summed E-state index contributed by atoms with van der Waals surface area (Å²) in [5.41, 5.74) is 0. The molecule has 0 aromatic carbocycles. The average Bonchev–Trinajstić information content (AvgIpc) is 3.02. The van der Waals surface area contributed by atoms with Gasteiger partial charge in [-0.25, -0.2) is 9.97 Å². The molecule has 18 heavy (non-hydrogen) atoms. The first kappa shape index (κ1) is 11.4. The molecule has 2 aromatic rings. The summed E-state index contributed by atoms with van der Waals surface area (Å²) < 4.78 is 0. The van der Waals surface area contributed by atoms with Crippen LogP contribution in [0.4, 0.5) is 5.82 Å². The summed E-state index contributed by atoms with van der Waals surface area (Å²) in [7, 11) is 1.88. The summed E-state index contributed by atoms with van der Waals surface area (Å²) in [5.74, 6) is 0.870. The summed E-state index contributed by atoms with van der Waals surface area (Å²) in [6, 6.07) is 2.39. The minimum Gasteiger partial charge on any atom is -0.352 e. The second-order valence-electron chi connectivity index (χ2n) is 4.53. The van der Waals surface area contributed by atoms with Crippen molar-refractivity contribution in [1.82, 2.24) is 15.3 Å². The number of hydrogen-bond donors (Lipinski definition) is 1. The molecule has 1 saturated carbocycles. The maximum absolute atomic E-state index is 11.8. The molecule has 0 bridgehead atoms. The smallest absolute Gasteiger partial charge is 0.239 e. The second-order valence-corrected chi connectivity index (χ2v) is 5.43. The summed E-state index contributed by atoms with van der Waals surface area (Å²) in [6.45, 7) is 0.332. The van der Waals surface area contributed by atoms with E-state index >= 15 is 0 Å². The SMILES string of the molecule is CN(CC(=O)NC1CC1)c1ncnc2sccc12. The van der Waals surface area contributed by atoms with E-state index in [0.29, 0.717) is 12.6 Å². The fourth-order valence-electron chi connectivity index (χ4n) is 1.87. The molecule has 0 unspecified atom stereocenters. The zero-order chi connectivity index (χ0) is 12.5. The number of rotatable bonds is 4. The van der Waals surface area contributed by atoms with Crippen molar-refractivity contribution in [2.75, 3.05) is 18.5 Å². The molecule has 0 saturated heterocycles. The number of nitrogens with one attached hydrogen (secondary N) is 1. The van der Waals surface area contributed by atoms with Gasteiger partial charge in [-0.05, 0) is 24.3 Å². The molecule has 5 nitrogen and oxygen atoms in total. The highest BCUT2D eigenvalue weighted by Crippen LogP contribution is 2.25. The van der Waals surface area contributed by atoms with E-state index in [1.807, 2.05) is 23.4 Å². The maximum atomic E-state index is 11.8. The first-order chi connectivity index (χ1) is 8.74. The third kappa shape index (κ3) is 2.28. The van der Waals surface area contributed by atoms with E-state index in [9.17, 15) is 4.79 Å². The lowest BCUT2D eigenvalue weighted by Crippen LogP contribution is -2.36. The van der Waals surface area contributed by atoms with Gasteiger partial charge in [0.1, 0.15) is 17.0 Å². The number of nitrogens with zero attached hydrogens (tertiary/aromatic N) is 3. The van der Waals surface area contributed by atoms with Gasteiger partial charge in [0.25, 0.3) is 0 Å². The third-order valence-electron chi connectivity index (χ3n) is 2.93. The molecule has 1 aliphatic rings. The lowest BCUT2D eigenvalue weighted by molar-refractivity contribution is -0.119. The largest absolute Gasteiger partial charge is 0.352 e. The van der Waals surface area contributed by atoms with Crippen molar-refractivity contribution in [3.05, 3.63) is 17.8 Å². The Morgan fingerprint density at radius 2 is 2.39 bits per heavy atom. The van der Waals surface area contributed by atoms with Crippen LogP contribution in [0.2, 0.25) is 0 Å². The van der Waals surface area contributed by atoms with E-state index in [1.165, 1.54) is 0 Å². The lowest BCUT2D eigenvalue weighted by Gasteiger charge is -2.18. The van der Waals surface area contributed by atoms with Crippen LogP contribution < -0.4 is 10.2 Å². The quantitative estimate of drug-likeness (QED) is 0.905. The monoisotopic (exact) mass is 262 g/mol. The van der Waals surface area contributed by atoms with Gasteiger partial charge in [-0.2, -0.15) is 0 Å². The van der Waals surface area contributed by atoms with Crippen LogP contribution in [-0.2, 0) is 4.79 Å². The predicted octanol–water partition coefficient (Wildman–Crippen LogP) is 1.41. The van der Waals surface area contributed by atoms with Gasteiger partial charge in [-0.3, -0.25) is 4.79 Å². The van der Waals surface area contributed by atoms with Gasteiger partial charge in [0, 0.05) is 13.1 Å². The number of anilines is 1. The van der Waals surface area contributed by atoms with Gasteiger partial charge in [0.05, 0.1) is 11.9 Å². The first-order valence-corrected chi connectivity index (χ1v) is 6.80. The van der Waals surface area contributed by atoms with Crippen molar-refractivity contribution in [3.8, 4) is 0 Å². The standard InChI is InChI=1S/C12H14N4OS/c1-16(6-10(17)15-8-2-3-8)11-9-4-5-18-12(9)14-7-13-11/h4-5,7-8H,2-3,6H2,1H3,(H,15,17). The number of hydrogen-bond acceptors (Lipinski definition) is 5. The highest BCUT2D eigenvalue weighted by Gasteiger charge is 2.24. The molecule has 6 heteroatoms. The minimum atomic E-state index is 0.0574. The molecule has 3 rings (SSSR count). The number of carbonyl (C=O) groups excluding carboxylic acids is 1. The van der Waals surface area contributed by atoms with E-state index < -0.39 is 0 Å². The molecule has 1 amide bonds. The lowest BCUT2D eigenvalue weighted by atomic mass is 10.3. The first-order valence-electron chi connectivity index (χ1n) is 5.93. The summed E-state index contributed by atoms with van der Waals surface area (Å²) in [6.07, 6.45) is 3.76. The van der Waals surface area contributed by atoms with Crippen LogP contribution in [0.25, 0.3) is 10.2 Å². The zero-order valence-corrected chi connectivity index (χ0v) is 10.9. The normalized spacial score (nSPS) is 14.7. The molecule has 1 fully saturated rings. The van der Waals surface area contributed by atoms with Crippen LogP contribution >= 0.6 is 11.3 Å². The van der Waals surface area contributed by atoms with Crippen LogP contribution in [0.3, 0.4) is 0 Å². The van der Waals surface area contributed by atoms with Crippen molar-refractivity contribution in [3.63, 3.8) is 0 Å². The Bertz CT molecular complexity index is 578. The Kier molecular flexibility index (Phi) is 2.87. The van der Waals surface area contributed by atoms with Crippen LogP contribution in [0.5, 0.6) is 0 Å². The Labute approximate surface area is 109 Å². The Morgan fingerprint density at radius 1 is 1.56 bits per heavy atom. The Hall–Kier alpha value is -1.69. The van der Waals surface area contributed by atoms with Crippen LogP contribution in [0, 0.1) is 0 Å². The van der Waals surface area contributed by atoms with Crippen molar-refractivity contribution >= 4 is 33.3 Å². The van der Waals surface area contributed by atoms with Crippen LogP contribution in [0.1, 0.15) is 12.8 Å². The number of carbonyl (C=O) groups is 1. The predicted molar refractivity (Wildman–Crippen MR) is 71.8 cm³/mol. The molecule has 2 aromatic heterocycles. The van der Waals surface area contributed by atoms with E-state index in [1.54, 1.807) is 17.7 Å². The Morgan fingerprint density at radius 3 is 3.17 bits per heavy atom. The van der Waals surface area contributed by atoms with Crippen molar-refractivity contribution < 1.29 is 4.79 Å². The number of aromatic nitrogens is 2. The van der Waals surface area contributed by atoms with Gasteiger partial charge in [-0.1, -0.05) is 0 Å². The van der Waals surface area contributed by atoms with Crippen molar-refractivity contribution in [2.45, 2.75) is 18.9 Å². The highest BCUT2D eigenvalue weighted by molar-refractivity contribution is 7.16. The van der Waals surface area contributed by atoms with E-state index in [2.05, 4.69) is 15.3 Å². The van der Waals surface area contributed by atoms with Crippen LogP contribution in [0.15, 0.2) is 17.8 Å². The summed E-state index contributed by atoms with van der Waals surface area (Å²) in [4.78, 5) is 23.1. The molecule has 0 spiro atoms. The van der Waals surface area contributed by atoms with Crippen molar-refractivity contribution in [1.29, 1.82) is 0 Å². The number of likely N-dealkylation sites (N-methyl/N-ethyl adjacent to an activating group) is 1. The van der Waals surface area contributed by atoms with Gasteiger partial charge in [-0.15, -0.1) is 11.3 Å². The van der Waals surface area contributed by atoms with Crippen molar-refractivity contribution in [2.24, 2.45) is 0 Å². The fourth-order valence-corrected chi connectivity index (χ4v) is 2.60. The molecule has 0 aliphatic heterocycles. The average molecular weight is 262 g/mol. The Balaban J connectivity index is 1.76. The second kappa shape index (κ2) is 4.53. The molecule has 0 atom stereocenters. The number of amides is 1. The maximum Gasteiger partial charge on any atom is 0.239 e. The molecular formula is C12H14N4OS. The molecule has 94 valence electrons. The van der Waals surface area contributed by atoms with Gasteiger partial charge >= 0.3 is 0 Å². The third-order valence-corrected chi connectivity index (χ3v) is 3.75. The molecule has 0 radical (unpaired) electrons. The number of thiophene rings is 1. The van der Waals surface area contributed by atoms with Crippen LogP contribution in [-0.4, -0.2) is 35.5 Å². The van der Waals surface area contributed by atoms with E-state index in [-0.39, 0.29) is 5.91 Å². The van der Waals surface area contributed by atoms with E-state index in [4.69, 9.17) is 0 Å². The van der Waals surface area contributed by atoms with E-state index in [0.717, 1.165) is 28.9 Å². The summed E-state index contributed by atoms with van der Waals surface area (Å²) >= 11 is 1.58. The van der Waals surface area contributed by atoms with Gasteiger partial charge < -0.3 is 10.2 Å². The van der Waals surface area contributed by atoms with Gasteiger partial charge in [0.2, 0.25) is 5.91 Å². The molecule has 2 heterocycles. The molecular weight excluding hydrogens is 248 g/mol. The fraction of sp³-hybridized carbons (Fsp3) is 0.417. The molecule has 1 aliphatic carbocycles. The summed E-state index contributed by atoms with van der Waals surface area (Å²) in [5, 5.41) is 5.97. The number of fused-ring (bicyclic) bond motifs is 1. The zero-order valence-electron chi connectivity index (χ0n) is 10.1. The topological polar surface area (TPSA) is 58.1 Å². The molecule has 1 N–H and O–H groups in total. The van der Waals surface area contributed by atoms with Gasteiger partial charge in [0.15, 0.2) is 0 Å².